The lowest BCUT2D eigenvalue weighted by atomic mass is 10.1. The van der Waals surface area contributed by atoms with Crippen molar-refractivity contribution in [2.24, 2.45) is 0 Å². The summed E-state index contributed by atoms with van der Waals surface area (Å²) in [6.07, 6.45) is 3.72. The molecule has 0 radical (unpaired) electrons. The molecular weight excluding hydrogens is 260 g/mol. The van der Waals surface area contributed by atoms with E-state index in [0.717, 1.165) is 19.3 Å². The summed E-state index contributed by atoms with van der Waals surface area (Å²) in [5, 5.41) is 14.1. The van der Waals surface area contributed by atoms with Gasteiger partial charge in [0.25, 0.3) is 5.91 Å². The highest BCUT2D eigenvalue weighted by Crippen LogP contribution is 2.16. The fourth-order valence-electron chi connectivity index (χ4n) is 1.89. The van der Waals surface area contributed by atoms with Crippen LogP contribution in [-0.4, -0.2) is 31.2 Å². The largest absolute Gasteiger partial charge is 0.427 e. The molecule has 1 heterocycles. The summed E-state index contributed by atoms with van der Waals surface area (Å²) in [6, 6.07) is 1.66. The molecule has 0 unspecified atom stereocenters. The molecular formula is C14H22N2O4. The molecule has 20 heavy (non-hydrogen) atoms. The fourth-order valence-corrected chi connectivity index (χ4v) is 1.89. The minimum atomic E-state index is -0.654. The summed E-state index contributed by atoms with van der Waals surface area (Å²) in [4.78, 5) is 23.6. The summed E-state index contributed by atoms with van der Waals surface area (Å²) in [5.74, 6) is 0.0517. The molecule has 0 spiro atoms. The van der Waals surface area contributed by atoms with Crippen LogP contribution in [-0.2, 0) is 6.42 Å². The van der Waals surface area contributed by atoms with Crippen LogP contribution < -0.4 is 16.3 Å². The zero-order chi connectivity index (χ0) is 15.0. The Bertz CT molecular complexity index is 496. The first-order valence-corrected chi connectivity index (χ1v) is 6.87. The van der Waals surface area contributed by atoms with Gasteiger partial charge in [0, 0.05) is 26.1 Å². The lowest BCUT2D eigenvalue weighted by molar-refractivity contribution is 0.0959. The lowest BCUT2D eigenvalue weighted by Gasteiger charge is -2.10. The molecule has 1 aromatic heterocycles. The normalized spacial score (nSPS) is 10.3. The fraction of sp³-hybridized carbons (Fsp3) is 0.571. The predicted molar refractivity (Wildman–Crippen MR) is 77.2 cm³/mol. The first-order valence-electron chi connectivity index (χ1n) is 6.87. The van der Waals surface area contributed by atoms with E-state index in [0.29, 0.717) is 17.9 Å². The molecule has 1 rings (SSSR count). The molecule has 3 N–H and O–H groups in total. The Kier molecular flexibility index (Phi) is 6.79. The highest BCUT2D eigenvalue weighted by molar-refractivity contribution is 5.98. The molecule has 0 atom stereocenters. The standard InChI is InChI=1S/C14H22N2O4/c1-3-4-5-6-10-9-11(16-7-8-17)12(13(18)15-2)14(19)20-10/h9,16-17H,3-8H2,1-2H3,(H,15,18). The second-order valence-corrected chi connectivity index (χ2v) is 4.48. The van der Waals surface area contributed by atoms with Gasteiger partial charge < -0.3 is 20.2 Å². The van der Waals surface area contributed by atoms with E-state index in [1.165, 1.54) is 7.05 Å². The Morgan fingerprint density at radius 3 is 2.75 bits per heavy atom. The van der Waals surface area contributed by atoms with Gasteiger partial charge in [-0.3, -0.25) is 4.79 Å². The average Bonchev–Trinajstić information content (AvgIpc) is 2.44. The van der Waals surface area contributed by atoms with Crippen molar-refractivity contribution >= 4 is 11.6 Å². The molecule has 0 bridgehead atoms. The smallest absolute Gasteiger partial charge is 0.350 e. The van der Waals surface area contributed by atoms with Gasteiger partial charge in [-0.1, -0.05) is 19.8 Å². The van der Waals surface area contributed by atoms with E-state index in [1.54, 1.807) is 6.07 Å². The van der Waals surface area contributed by atoms with Gasteiger partial charge in [-0.05, 0) is 6.42 Å². The Labute approximate surface area is 118 Å². The number of unbranched alkanes of at least 4 members (excludes halogenated alkanes) is 2. The van der Waals surface area contributed by atoms with E-state index in [2.05, 4.69) is 17.6 Å². The summed E-state index contributed by atoms with van der Waals surface area (Å²) in [5.41, 5.74) is -0.305. The maximum atomic E-state index is 11.9. The van der Waals surface area contributed by atoms with Gasteiger partial charge in [0.15, 0.2) is 0 Å². The Balaban J connectivity index is 3.05. The molecule has 0 aliphatic heterocycles. The van der Waals surface area contributed by atoms with Gasteiger partial charge in [-0.25, -0.2) is 4.79 Å². The highest BCUT2D eigenvalue weighted by atomic mass is 16.4. The van der Waals surface area contributed by atoms with E-state index in [1.807, 2.05) is 0 Å². The summed E-state index contributed by atoms with van der Waals surface area (Å²) in [7, 11) is 1.45. The van der Waals surface area contributed by atoms with E-state index < -0.39 is 11.5 Å². The number of aliphatic hydroxyl groups excluding tert-OH is 1. The maximum absolute atomic E-state index is 11.9. The van der Waals surface area contributed by atoms with Crippen LogP contribution in [0.4, 0.5) is 5.69 Å². The molecule has 0 aliphatic carbocycles. The van der Waals surface area contributed by atoms with Crippen molar-refractivity contribution in [1.29, 1.82) is 0 Å². The van der Waals surface area contributed by atoms with Gasteiger partial charge in [-0.2, -0.15) is 0 Å². The van der Waals surface area contributed by atoms with Crippen LogP contribution in [0.5, 0.6) is 0 Å². The number of aryl methyl sites for hydroxylation is 1. The zero-order valence-corrected chi connectivity index (χ0v) is 12.0. The van der Waals surface area contributed by atoms with Crippen LogP contribution in [0.3, 0.4) is 0 Å². The van der Waals surface area contributed by atoms with Crippen molar-refractivity contribution in [2.45, 2.75) is 32.6 Å². The lowest BCUT2D eigenvalue weighted by Crippen LogP contribution is -2.27. The van der Waals surface area contributed by atoms with Crippen molar-refractivity contribution in [3.63, 3.8) is 0 Å². The predicted octanol–water partition coefficient (Wildman–Crippen LogP) is 1.14. The number of rotatable bonds is 8. The Hall–Kier alpha value is -1.82. The zero-order valence-electron chi connectivity index (χ0n) is 12.0. The monoisotopic (exact) mass is 282 g/mol. The number of amides is 1. The number of carbonyl (C=O) groups is 1. The van der Waals surface area contributed by atoms with Gasteiger partial charge >= 0.3 is 5.63 Å². The molecule has 0 aromatic carbocycles. The number of hydrogen-bond donors (Lipinski definition) is 3. The highest BCUT2D eigenvalue weighted by Gasteiger charge is 2.17. The number of hydrogen-bond acceptors (Lipinski definition) is 5. The van der Waals surface area contributed by atoms with Crippen LogP contribution >= 0.6 is 0 Å². The second-order valence-electron chi connectivity index (χ2n) is 4.48. The number of carbonyl (C=O) groups excluding carboxylic acids is 1. The molecule has 0 aliphatic rings. The first-order chi connectivity index (χ1) is 9.63. The molecule has 112 valence electrons. The van der Waals surface area contributed by atoms with Gasteiger partial charge in [0.1, 0.15) is 11.3 Å². The Morgan fingerprint density at radius 2 is 2.15 bits per heavy atom. The maximum Gasteiger partial charge on any atom is 0.350 e. The van der Waals surface area contributed by atoms with Crippen LogP contribution in [0, 0.1) is 0 Å². The van der Waals surface area contributed by atoms with Crippen molar-refractivity contribution in [3.8, 4) is 0 Å². The van der Waals surface area contributed by atoms with Crippen molar-refractivity contribution in [3.05, 3.63) is 27.8 Å². The van der Waals surface area contributed by atoms with Crippen molar-refractivity contribution < 1.29 is 14.3 Å². The van der Waals surface area contributed by atoms with E-state index in [4.69, 9.17) is 9.52 Å². The van der Waals surface area contributed by atoms with Crippen LogP contribution in [0.2, 0.25) is 0 Å². The molecule has 0 saturated carbocycles. The molecule has 6 nitrogen and oxygen atoms in total. The second kappa shape index (κ2) is 8.37. The van der Waals surface area contributed by atoms with E-state index in [-0.39, 0.29) is 18.7 Å². The SMILES string of the molecule is CCCCCc1cc(NCCO)c(C(=O)NC)c(=O)o1. The minimum Gasteiger partial charge on any atom is -0.427 e. The molecule has 1 aromatic rings. The van der Waals surface area contributed by atoms with Crippen molar-refractivity contribution in [2.75, 3.05) is 25.5 Å². The quantitative estimate of drug-likeness (QED) is 0.622. The third-order valence-corrected chi connectivity index (χ3v) is 2.91. The average molecular weight is 282 g/mol. The number of nitrogens with one attached hydrogen (secondary N) is 2. The van der Waals surface area contributed by atoms with Crippen LogP contribution in [0.25, 0.3) is 0 Å². The molecule has 1 amide bonds. The molecule has 0 fully saturated rings. The van der Waals surface area contributed by atoms with Gasteiger partial charge in [0.2, 0.25) is 0 Å². The van der Waals surface area contributed by atoms with Crippen LogP contribution in [0.1, 0.15) is 42.3 Å². The van der Waals surface area contributed by atoms with Gasteiger partial charge in [-0.15, -0.1) is 0 Å². The van der Waals surface area contributed by atoms with E-state index >= 15 is 0 Å². The first kappa shape index (κ1) is 16.2. The summed E-state index contributed by atoms with van der Waals surface area (Å²) >= 11 is 0. The van der Waals surface area contributed by atoms with Gasteiger partial charge in [0.05, 0.1) is 12.3 Å². The van der Waals surface area contributed by atoms with Crippen LogP contribution in [0.15, 0.2) is 15.3 Å². The third-order valence-electron chi connectivity index (χ3n) is 2.91. The minimum absolute atomic E-state index is 0.0554. The van der Waals surface area contributed by atoms with Crippen molar-refractivity contribution in [1.82, 2.24) is 5.32 Å². The topological polar surface area (TPSA) is 91.6 Å². The number of anilines is 1. The Morgan fingerprint density at radius 1 is 1.40 bits per heavy atom. The molecule has 6 heteroatoms. The summed E-state index contributed by atoms with van der Waals surface area (Å²) in [6.45, 7) is 2.28. The third kappa shape index (κ3) is 4.38. The summed E-state index contributed by atoms with van der Waals surface area (Å²) < 4.78 is 5.18. The molecule has 0 saturated heterocycles. The number of aliphatic hydroxyl groups is 1. The van der Waals surface area contributed by atoms with E-state index in [9.17, 15) is 9.59 Å².